The minimum atomic E-state index is -0.704. The number of carbonyl (C=O) groups is 1. The molecule has 0 fully saturated rings. The Morgan fingerprint density at radius 1 is 1.40 bits per heavy atom. The minimum absolute atomic E-state index is 0.209. The highest BCUT2D eigenvalue weighted by Gasteiger charge is 2.21. The van der Waals surface area contributed by atoms with E-state index < -0.39 is 6.04 Å². The van der Waals surface area contributed by atoms with E-state index in [0.29, 0.717) is 13.0 Å². The Balaban J connectivity index is 1.89. The second-order valence-corrected chi connectivity index (χ2v) is 5.85. The van der Waals surface area contributed by atoms with E-state index in [1.807, 2.05) is 20.8 Å². The van der Waals surface area contributed by atoms with Gasteiger partial charge in [0, 0.05) is 24.2 Å². The molecule has 0 aliphatic carbocycles. The fourth-order valence-corrected chi connectivity index (χ4v) is 2.70. The molecule has 20 heavy (non-hydrogen) atoms. The number of aromatic amines is 1. The van der Waals surface area contributed by atoms with Crippen LogP contribution < -0.4 is 11.1 Å². The van der Waals surface area contributed by atoms with Gasteiger partial charge in [0.15, 0.2) is 0 Å². The molecule has 0 bridgehead atoms. The molecule has 0 radical (unpaired) electrons. The molecule has 0 saturated carbocycles. The minimum Gasteiger partial charge on any atom is -0.354 e. The van der Waals surface area contributed by atoms with Crippen LogP contribution in [0.4, 0.5) is 0 Å². The van der Waals surface area contributed by atoms with Crippen molar-refractivity contribution in [1.82, 2.24) is 25.7 Å². The third-order valence-electron chi connectivity index (χ3n) is 2.98. The zero-order valence-corrected chi connectivity index (χ0v) is 12.5. The number of aryl methyl sites for hydroxylation is 3. The molecule has 0 aliphatic heterocycles. The normalized spacial score (nSPS) is 12.4. The van der Waals surface area contributed by atoms with E-state index in [1.165, 1.54) is 11.3 Å². The maximum atomic E-state index is 12.0. The summed E-state index contributed by atoms with van der Waals surface area (Å²) in [7, 11) is 0. The van der Waals surface area contributed by atoms with Crippen molar-refractivity contribution in [2.75, 3.05) is 6.54 Å². The summed E-state index contributed by atoms with van der Waals surface area (Å²) in [6.45, 7) is 6.08. The Morgan fingerprint density at radius 2 is 2.15 bits per heavy atom. The topological polar surface area (TPSA) is 110 Å². The van der Waals surface area contributed by atoms with Crippen LogP contribution in [0.3, 0.4) is 0 Å². The fourth-order valence-electron chi connectivity index (χ4n) is 1.99. The summed E-state index contributed by atoms with van der Waals surface area (Å²) in [5, 5.41) is 19.5. The molecule has 1 amide bonds. The van der Waals surface area contributed by atoms with Gasteiger partial charge in [0.1, 0.15) is 16.1 Å². The van der Waals surface area contributed by atoms with Crippen LogP contribution in [0.1, 0.15) is 33.0 Å². The molecule has 2 rings (SSSR count). The van der Waals surface area contributed by atoms with E-state index >= 15 is 0 Å². The third-order valence-corrected chi connectivity index (χ3v) is 3.88. The van der Waals surface area contributed by atoms with Crippen molar-refractivity contribution in [2.45, 2.75) is 33.2 Å². The van der Waals surface area contributed by atoms with Gasteiger partial charge in [0.25, 0.3) is 0 Å². The summed E-state index contributed by atoms with van der Waals surface area (Å²) in [5.74, 6) is -0.209. The SMILES string of the molecule is Cc1nnc(CCNC(=O)C(N)c2c(C)n[nH]c2C)s1. The predicted molar refractivity (Wildman–Crippen MR) is 76.3 cm³/mol. The summed E-state index contributed by atoms with van der Waals surface area (Å²) in [6, 6.07) is -0.704. The summed E-state index contributed by atoms with van der Waals surface area (Å²) in [5.41, 5.74) is 8.31. The number of nitrogens with two attached hydrogens (primary N) is 1. The van der Waals surface area contributed by atoms with Crippen LogP contribution in [0, 0.1) is 20.8 Å². The van der Waals surface area contributed by atoms with Gasteiger partial charge < -0.3 is 11.1 Å². The van der Waals surface area contributed by atoms with Gasteiger partial charge >= 0.3 is 0 Å². The predicted octanol–water partition coefficient (Wildman–Crippen LogP) is 0.545. The molecule has 8 heteroatoms. The molecule has 0 aromatic carbocycles. The maximum Gasteiger partial charge on any atom is 0.241 e. The molecule has 1 unspecified atom stereocenters. The van der Waals surface area contributed by atoms with Gasteiger partial charge in [0.2, 0.25) is 5.91 Å². The largest absolute Gasteiger partial charge is 0.354 e. The average Bonchev–Trinajstić information content (AvgIpc) is 2.95. The van der Waals surface area contributed by atoms with Gasteiger partial charge in [-0.05, 0) is 20.8 Å². The molecule has 1 atom stereocenters. The Morgan fingerprint density at radius 3 is 2.70 bits per heavy atom. The van der Waals surface area contributed by atoms with E-state index in [-0.39, 0.29) is 5.91 Å². The van der Waals surface area contributed by atoms with Crippen molar-refractivity contribution < 1.29 is 4.79 Å². The first kappa shape index (κ1) is 14.6. The lowest BCUT2D eigenvalue weighted by molar-refractivity contribution is -0.122. The van der Waals surface area contributed by atoms with Crippen molar-refractivity contribution in [3.05, 3.63) is 27.0 Å². The standard InChI is InChI=1S/C12H18N6OS/c1-6-10(7(2)16-15-6)11(13)12(19)14-5-4-9-18-17-8(3)20-9/h11H,4-5,13H2,1-3H3,(H,14,19)(H,15,16). The number of amides is 1. The molecular weight excluding hydrogens is 276 g/mol. The summed E-state index contributed by atoms with van der Waals surface area (Å²) >= 11 is 1.53. The molecular formula is C12H18N6OS. The second kappa shape index (κ2) is 6.10. The number of nitrogens with zero attached hydrogens (tertiary/aromatic N) is 3. The lowest BCUT2D eigenvalue weighted by atomic mass is 10.1. The fraction of sp³-hybridized carbons (Fsp3) is 0.500. The van der Waals surface area contributed by atoms with Crippen molar-refractivity contribution in [1.29, 1.82) is 0 Å². The first-order chi connectivity index (χ1) is 9.49. The number of carbonyl (C=O) groups excluding carboxylic acids is 1. The van der Waals surface area contributed by atoms with E-state index in [4.69, 9.17) is 5.73 Å². The zero-order valence-electron chi connectivity index (χ0n) is 11.7. The Labute approximate surface area is 121 Å². The number of hydrogen-bond donors (Lipinski definition) is 3. The highest BCUT2D eigenvalue weighted by atomic mass is 32.1. The number of aromatic nitrogens is 4. The molecule has 108 valence electrons. The molecule has 0 saturated heterocycles. The van der Waals surface area contributed by atoms with Crippen LogP contribution in [0.5, 0.6) is 0 Å². The number of H-pyrrole nitrogens is 1. The van der Waals surface area contributed by atoms with Gasteiger partial charge in [-0.1, -0.05) is 0 Å². The molecule has 2 aromatic rings. The van der Waals surface area contributed by atoms with Crippen molar-refractivity contribution in [3.8, 4) is 0 Å². The van der Waals surface area contributed by atoms with Crippen LogP contribution in [-0.4, -0.2) is 32.8 Å². The van der Waals surface area contributed by atoms with Crippen molar-refractivity contribution >= 4 is 17.2 Å². The quantitative estimate of drug-likeness (QED) is 0.746. The zero-order chi connectivity index (χ0) is 14.7. The van der Waals surface area contributed by atoms with Gasteiger partial charge in [-0.2, -0.15) is 5.10 Å². The highest BCUT2D eigenvalue weighted by Crippen LogP contribution is 2.17. The first-order valence-corrected chi connectivity index (χ1v) is 7.14. The molecule has 7 nitrogen and oxygen atoms in total. The third kappa shape index (κ3) is 3.20. The van der Waals surface area contributed by atoms with Gasteiger partial charge in [0.05, 0.1) is 5.69 Å². The van der Waals surface area contributed by atoms with E-state index in [0.717, 1.165) is 27.0 Å². The van der Waals surface area contributed by atoms with E-state index in [9.17, 15) is 4.79 Å². The Hall–Kier alpha value is -1.80. The van der Waals surface area contributed by atoms with Gasteiger partial charge in [-0.3, -0.25) is 9.89 Å². The Bertz CT molecular complexity index is 585. The lowest BCUT2D eigenvalue weighted by Crippen LogP contribution is -2.35. The monoisotopic (exact) mass is 294 g/mol. The number of hydrogen-bond acceptors (Lipinski definition) is 6. The maximum absolute atomic E-state index is 12.0. The Kier molecular flexibility index (Phi) is 4.46. The van der Waals surface area contributed by atoms with Gasteiger partial charge in [-0.25, -0.2) is 0 Å². The van der Waals surface area contributed by atoms with Crippen LogP contribution >= 0.6 is 11.3 Å². The van der Waals surface area contributed by atoms with Crippen LogP contribution in [0.2, 0.25) is 0 Å². The smallest absolute Gasteiger partial charge is 0.241 e. The molecule has 2 aromatic heterocycles. The summed E-state index contributed by atoms with van der Waals surface area (Å²) < 4.78 is 0. The highest BCUT2D eigenvalue weighted by molar-refractivity contribution is 7.11. The van der Waals surface area contributed by atoms with Crippen LogP contribution in [-0.2, 0) is 11.2 Å². The van der Waals surface area contributed by atoms with Crippen molar-refractivity contribution in [2.24, 2.45) is 5.73 Å². The summed E-state index contributed by atoms with van der Waals surface area (Å²) in [4.78, 5) is 12.0. The van der Waals surface area contributed by atoms with Crippen LogP contribution in [0.15, 0.2) is 0 Å². The molecule has 2 heterocycles. The molecule has 4 N–H and O–H groups in total. The molecule has 0 aliphatic rings. The van der Waals surface area contributed by atoms with Crippen molar-refractivity contribution in [3.63, 3.8) is 0 Å². The van der Waals surface area contributed by atoms with E-state index in [2.05, 4.69) is 25.7 Å². The van der Waals surface area contributed by atoms with Gasteiger partial charge in [-0.15, -0.1) is 21.5 Å². The second-order valence-electron chi connectivity index (χ2n) is 4.58. The number of rotatable bonds is 5. The lowest BCUT2D eigenvalue weighted by Gasteiger charge is -2.12. The van der Waals surface area contributed by atoms with E-state index in [1.54, 1.807) is 0 Å². The number of nitrogens with one attached hydrogen (secondary N) is 2. The average molecular weight is 294 g/mol. The summed E-state index contributed by atoms with van der Waals surface area (Å²) in [6.07, 6.45) is 0.660. The molecule has 0 spiro atoms. The first-order valence-electron chi connectivity index (χ1n) is 6.32. The van der Waals surface area contributed by atoms with Crippen LogP contribution in [0.25, 0.3) is 0 Å².